The van der Waals surface area contributed by atoms with Crippen LogP contribution in [-0.4, -0.2) is 47.7 Å². The van der Waals surface area contributed by atoms with Crippen molar-refractivity contribution in [2.45, 2.75) is 45.1 Å². The summed E-state index contributed by atoms with van der Waals surface area (Å²) in [7, 11) is 0. The molecule has 0 unspecified atom stereocenters. The van der Waals surface area contributed by atoms with Crippen LogP contribution in [0, 0.1) is 0 Å². The first kappa shape index (κ1) is 14.0. The van der Waals surface area contributed by atoms with Gasteiger partial charge in [-0.25, -0.2) is 0 Å². The summed E-state index contributed by atoms with van der Waals surface area (Å²) < 4.78 is 5.13. The fourth-order valence-corrected chi connectivity index (χ4v) is 2.23. The molecule has 1 N–H and O–H groups in total. The van der Waals surface area contributed by atoms with Crippen molar-refractivity contribution in [1.29, 1.82) is 0 Å². The number of carbonyl (C=O) groups is 2. The molecule has 0 bridgehead atoms. The molecule has 0 spiro atoms. The lowest BCUT2D eigenvalue weighted by molar-refractivity contribution is -0.146. The summed E-state index contributed by atoms with van der Waals surface area (Å²) >= 11 is 0. The highest BCUT2D eigenvalue weighted by Gasteiger charge is 2.27. The van der Waals surface area contributed by atoms with Gasteiger partial charge in [0.25, 0.3) is 0 Å². The quantitative estimate of drug-likeness (QED) is 0.684. The third-order valence-corrected chi connectivity index (χ3v) is 3.06. The normalized spacial score (nSPS) is 16.1. The first-order valence-corrected chi connectivity index (χ1v) is 6.24. The maximum Gasteiger partial charge on any atom is 0.323 e. The fraction of sp³-hybridized carbons (Fsp3) is 0.833. The van der Waals surface area contributed by atoms with Gasteiger partial charge in [-0.3, -0.25) is 9.59 Å². The second kappa shape index (κ2) is 7.27. The second-order valence-corrected chi connectivity index (χ2v) is 4.30. The van der Waals surface area contributed by atoms with Gasteiger partial charge in [0, 0.05) is 12.6 Å². The van der Waals surface area contributed by atoms with Crippen LogP contribution in [-0.2, 0) is 14.3 Å². The number of hydrogen-bond acceptors (Lipinski definition) is 3. The van der Waals surface area contributed by atoms with Crippen molar-refractivity contribution in [3.8, 4) is 0 Å². The van der Waals surface area contributed by atoms with E-state index in [1.165, 1.54) is 4.90 Å². The maximum absolute atomic E-state index is 11.9. The van der Waals surface area contributed by atoms with E-state index in [2.05, 4.69) is 0 Å². The highest BCUT2D eigenvalue weighted by atomic mass is 16.5. The van der Waals surface area contributed by atoms with Gasteiger partial charge in [0.1, 0.15) is 6.54 Å². The number of carboxylic acids is 1. The number of nitrogens with zero attached hydrogens (tertiary/aromatic N) is 1. The van der Waals surface area contributed by atoms with E-state index in [1.807, 2.05) is 6.92 Å². The summed E-state index contributed by atoms with van der Waals surface area (Å²) in [5, 5.41) is 8.84. The Bertz CT molecular complexity index is 261. The van der Waals surface area contributed by atoms with Crippen molar-refractivity contribution >= 4 is 11.9 Å². The summed E-state index contributed by atoms with van der Waals surface area (Å²) in [4.78, 5) is 24.2. The monoisotopic (exact) mass is 243 g/mol. The molecule has 0 radical (unpaired) electrons. The molecule has 0 aromatic carbocycles. The lowest BCUT2D eigenvalue weighted by Gasteiger charge is -2.27. The molecule has 1 fully saturated rings. The van der Waals surface area contributed by atoms with E-state index < -0.39 is 5.97 Å². The van der Waals surface area contributed by atoms with Crippen molar-refractivity contribution < 1.29 is 19.4 Å². The van der Waals surface area contributed by atoms with Crippen LogP contribution in [0.15, 0.2) is 0 Å². The molecule has 5 heteroatoms. The number of amides is 1. The molecular weight excluding hydrogens is 222 g/mol. The van der Waals surface area contributed by atoms with Gasteiger partial charge in [-0.15, -0.1) is 0 Å². The van der Waals surface area contributed by atoms with Crippen molar-refractivity contribution in [3.63, 3.8) is 0 Å². The van der Waals surface area contributed by atoms with Crippen molar-refractivity contribution in [1.82, 2.24) is 4.90 Å². The van der Waals surface area contributed by atoms with E-state index in [0.717, 1.165) is 25.7 Å². The lowest BCUT2D eigenvalue weighted by Crippen LogP contribution is -2.42. The SMILES string of the molecule is CCOCCC(=O)N(CC(=O)O)C1CCCC1. The predicted molar refractivity (Wildman–Crippen MR) is 62.7 cm³/mol. The smallest absolute Gasteiger partial charge is 0.323 e. The Labute approximate surface area is 102 Å². The van der Waals surface area contributed by atoms with Gasteiger partial charge in [-0.05, 0) is 19.8 Å². The van der Waals surface area contributed by atoms with Crippen molar-refractivity contribution in [2.75, 3.05) is 19.8 Å². The second-order valence-electron chi connectivity index (χ2n) is 4.30. The molecule has 0 aliphatic heterocycles. The molecular formula is C12H21NO4. The van der Waals surface area contributed by atoms with Crippen LogP contribution in [0.1, 0.15) is 39.0 Å². The highest BCUT2D eigenvalue weighted by Crippen LogP contribution is 2.23. The highest BCUT2D eigenvalue weighted by molar-refractivity contribution is 5.81. The molecule has 1 aliphatic rings. The molecule has 98 valence electrons. The van der Waals surface area contributed by atoms with E-state index in [0.29, 0.717) is 13.2 Å². The largest absolute Gasteiger partial charge is 0.480 e. The molecule has 1 amide bonds. The molecule has 1 rings (SSSR count). The number of ether oxygens (including phenoxy) is 1. The number of carboxylic acid groups (broad SMARTS) is 1. The molecule has 0 aromatic heterocycles. The summed E-state index contributed by atoms with van der Waals surface area (Å²) in [6.45, 7) is 2.64. The Morgan fingerprint density at radius 2 is 2.00 bits per heavy atom. The summed E-state index contributed by atoms with van der Waals surface area (Å²) in [6, 6.07) is 0.111. The Kier molecular flexibility index (Phi) is 5.97. The molecule has 1 saturated carbocycles. The van der Waals surface area contributed by atoms with Gasteiger partial charge in [0.2, 0.25) is 5.91 Å². The fourth-order valence-electron chi connectivity index (χ4n) is 2.23. The van der Waals surface area contributed by atoms with Crippen LogP contribution in [0.5, 0.6) is 0 Å². The Balaban J connectivity index is 2.48. The average Bonchev–Trinajstić information content (AvgIpc) is 2.79. The Morgan fingerprint density at radius 3 is 2.53 bits per heavy atom. The Morgan fingerprint density at radius 1 is 1.35 bits per heavy atom. The minimum absolute atomic E-state index is 0.104. The lowest BCUT2D eigenvalue weighted by atomic mass is 10.2. The van der Waals surface area contributed by atoms with Gasteiger partial charge in [0.05, 0.1) is 13.0 Å². The molecule has 17 heavy (non-hydrogen) atoms. The third kappa shape index (κ3) is 4.73. The van der Waals surface area contributed by atoms with Crippen LogP contribution in [0.3, 0.4) is 0 Å². The summed E-state index contributed by atoms with van der Waals surface area (Å²) in [6.07, 6.45) is 4.29. The van der Waals surface area contributed by atoms with Gasteiger partial charge < -0.3 is 14.7 Å². The number of hydrogen-bond donors (Lipinski definition) is 1. The van der Waals surface area contributed by atoms with E-state index in [9.17, 15) is 9.59 Å². The van der Waals surface area contributed by atoms with E-state index in [-0.39, 0.29) is 24.9 Å². The summed E-state index contributed by atoms with van der Waals surface area (Å²) in [5.41, 5.74) is 0. The zero-order valence-corrected chi connectivity index (χ0v) is 10.4. The maximum atomic E-state index is 11.9. The number of rotatable bonds is 7. The first-order valence-electron chi connectivity index (χ1n) is 6.24. The van der Waals surface area contributed by atoms with E-state index >= 15 is 0 Å². The third-order valence-electron chi connectivity index (χ3n) is 3.06. The van der Waals surface area contributed by atoms with Crippen LogP contribution in [0.25, 0.3) is 0 Å². The van der Waals surface area contributed by atoms with Gasteiger partial charge in [-0.1, -0.05) is 12.8 Å². The molecule has 0 atom stereocenters. The van der Waals surface area contributed by atoms with Crippen molar-refractivity contribution in [3.05, 3.63) is 0 Å². The zero-order chi connectivity index (χ0) is 12.7. The van der Waals surface area contributed by atoms with Gasteiger partial charge in [0.15, 0.2) is 0 Å². The summed E-state index contributed by atoms with van der Waals surface area (Å²) in [5.74, 6) is -1.05. The van der Waals surface area contributed by atoms with E-state index in [1.54, 1.807) is 0 Å². The van der Waals surface area contributed by atoms with Gasteiger partial charge >= 0.3 is 5.97 Å². The van der Waals surface area contributed by atoms with Crippen LogP contribution in [0.4, 0.5) is 0 Å². The first-order chi connectivity index (χ1) is 8.15. The van der Waals surface area contributed by atoms with Gasteiger partial charge in [-0.2, -0.15) is 0 Å². The number of aliphatic carboxylic acids is 1. The Hall–Kier alpha value is -1.10. The average molecular weight is 243 g/mol. The van der Waals surface area contributed by atoms with Crippen LogP contribution >= 0.6 is 0 Å². The minimum atomic E-state index is -0.943. The standard InChI is InChI=1S/C12H21NO4/c1-2-17-8-7-11(14)13(9-12(15)16)10-5-3-4-6-10/h10H,2-9H2,1H3,(H,15,16). The molecule has 1 aliphatic carbocycles. The van der Waals surface area contributed by atoms with Crippen LogP contribution < -0.4 is 0 Å². The van der Waals surface area contributed by atoms with Crippen LogP contribution in [0.2, 0.25) is 0 Å². The predicted octanol–water partition coefficient (Wildman–Crippen LogP) is 1.27. The minimum Gasteiger partial charge on any atom is -0.480 e. The molecule has 5 nitrogen and oxygen atoms in total. The molecule has 0 aromatic rings. The molecule has 0 heterocycles. The number of carbonyl (C=O) groups excluding carboxylic acids is 1. The van der Waals surface area contributed by atoms with E-state index in [4.69, 9.17) is 9.84 Å². The zero-order valence-electron chi connectivity index (χ0n) is 10.4. The topological polar surface area (TPSA) is 66.8 Å². The molecule has 0 saturated heterocycles. The van der Waals surface area contributed by atoms with Crippen molar-refractivity contribution in [2.24, 2.45) is 0 Å².